The molecule has 0 heterocycles. The van der Waals surface area contributed by atoms with E-state index < -0.39 is 0 Å². The van der Waals surface area contributed by atoms with Gasteiger partial charge in [0.15, 0.2) is 0 Å². The highest BCUT2D eigenvalue weighted by Gasteiger charge is 2.15. The summed E-state index contributed by atoms with van der Waals surface area (Å²) in [5.74, 6) is 0.883. The average Bonchev–Trinajstić information content (AvgIpc) is 2.49. The van der Waals surface area contributed by atoms with Gasteiger partial charge in [-0.05, 0) is 38.0 Å². The first-order valence-electron chi connectivity index (χ1n) is 9.80. The highest BCUT2D eigenvalue weighted by Crippen LogP contribution is 2.22. The molecule has 0 aromatic carbocycles. The van der Waals surface area contributed by atoms with E-state index in [0.717, 1.165) is 44.2 Å². The van der Waals surface area contributed by atoms with Crippen LogP contribution in [0.5, 0.6) is 0 Å². The summed E-state index contributed by atoms with van der Waals surface area (Å²) in [6, 6.07) is 0. The van der Waals surface area contributed by atoms with Crippen molar-refractivity contribution in [2.45, 2.75) is 110 Å². The zero-order chi connectivity index (χ0) is 16.0. The van der Waals surface area contributed by atoms with E-state index in [1.807, 2.05) is 0 Å². The molecule has 0 unspecified atom stereocenters. The van der Waals surface area contributed by atoms with Crippen molar-refractivity contribution in [2.75, 3.05) is 0 Å². The predicted molar refractivity (Wildman–Crippen MR) is 95.8 cm³/mol. The summed E-state index contributed by atoms with van der Waals surface area (Å²) >= 11 is 0. The second kappa shape index (κ2) is 12.8. The molecule has 0 aliphatic heterocycles. The van der Waals surface area contributed by atoms with Gasteiger partial charge in [-0.1, -0.05) is 64.7 Å². The van der Waals surface area contributed by atoms with Crippen molar-refractivity contribution >= 4 is 11.5 Å². The van der Waals surface area contributed by atoms with Crippen LogP contribution in [0, 0.1) is 11.3 Å². The van der Waals surface area contributed by atoms with E-state index in [1.165, 1.54) is 64.2 Å². The Labute approximate surface area is 138 Å². The molecule has 1 rings (SSSR count). The molecule has 0 aromatic rings. The molecule has 0 saturated heterocycles. The molecule has 1 N–H and O–H groups in total. The van der Waals surface area contributed by atoms with Crippen molar-refractivity contribution in [1.29, 1.82) is 5.41 Å². The molecule has 0 radical (unpaired) electrons. The van der Waals surface area contributed by atoms with Crippen LogP contribution in [0.4, 0.5) is 0 Å². The Morgan fingerprint density at radius 2 is 1.41 bits per heavy atom. The first kappa shape index (κ1) is 19.4. The standard InChI is InChI=1S/C20H37NO/c1-2-3-13-18-16-19(21)14-11-9-7-5-4-6-8-10-12-15-20(22)17-18/h18,21H,2-17H2,1H3/t18-/m1/s1. The quantitative estimate of drug-likeness (QED) is 0.638. The van der Waals surface area contributed by atoms with Gasteiger partial charge in [-0.2, -0.15) is 0 Å². The Morgan fingerprint density at radius 1 is 0.864 bits per heavy atom. The van der Waals surface area contributed by atoms with E-state index in [0.29, 0.717) is 11.7 Å². The Morgan fingerprint density at radius 3 is 2.00 bits per heavy atom. The van der Waals surface area contributed by atoms with Gasteiger partial charge in [0.25, 0.3) is 0 Å². The van der Waals surface area contributed by atoms with Crippen LogP contribution >= 0.6 is 0 Å². The smallest absolute Gasteiger partial charge is 0.133 e. The summed E-state index contributed by atoms with van der Waals surface area (Å²) in [5, 5.41) is 8.22. The molecule has 0 aromatic heterocycles. The maximum absolute atomic E-state index is 12.2. The van der Waals surface area contributed by atoms with E-state index in [9.17, 15) is 4.79 Å². The van der Waals surface area contributed by atoms with Crippen LogP contribution < -0.4 is 0 Å². The maximum Gasteiger partial charge on any atom is 0.133 e. The van der Waals surface area contributed by atoms with E-state index in [-0.39, 0.29) is 0 Å². The maximum atomic E-state index is 12.2. The fourth-order valence-corrected chi connectivity index (χ4v) is 3.54. The van der Waals surface area contributed by atoms with E-state index >= 15 is 0 Å². The van der Waals surface area contributed by atoms with Crippen molar-refractivity contribution in [3.05, 3.63) is 0 Å². The average molecular weight is 308 g/mol. The van der Waals surface area contributed by atoms with Crippen molar-refractivity contribution in [3.8, 4) is 0 Å². The third kappa shape index (κ3) is 10.1. The molecule has 22 heavy (non-hydrogen) atoms. The minimum atomic E-state index is 0.438. The van der Waals surface area contributed by atoms with Crippen LogP contribution in [0.25, 0.3) is 0 Å². The topological polar surface area (TPSA) is 40.9 Å². The van der Waals surface area contributed by atoms with Gasteiger partial charge in [0.2, 0.25) is 0 Å². The van der Waals surface area contributed by atoms with Crippen molar-refractivity contribution in [3.63, 3.8) is 0 Å². The molecular weight excluding hydrogens is 270 g/mol. The van der Waals surface area contributed by atoms with Gasteiger partial charge >= 0.3 is 0 Å². The number of nitrogens with one attached hydrogen (secondary N) is 1. The van der Waals surface area contributed by atoms with Crippen LogP contribution in [0.3, 0.4) is 0 Å². The van der Waals surface area contributed by atoms with Crippen LogP contribution in [-0.4, -0.2) is 11.5 Å². The van der Waals surface area contributed by atoms with Gasteiger partial charge in [-0.25, -0.2) is 0 Å². The number of hydrogen-bond donors (Lipinski definition) is 1. The third-order valence-corrected chi connectivity index (χ3v) is 4.95. The van der Waals surface area contributed by atoms with Gasteiger partial charge in [-0.3, -0.25) is 4.79 Å². The fourth-order valence-electron chi connectivity index (χ4n) is 3.54. The minimum absolute atomic E-state index is 0.438. The van der Waals surface area contributed by atoms with Crippen molar-refractivity contribution < 1.29 is 4.79 Å². The highest BCUT2D eigenvalue weighted by atomic mass is 16.1. The molecule has 0 amide bonds. The summed E-state index contributed by atoms with van der Waals surface area (Å²) in [6.07, 6.45) is 18.3. The lowest BCUT2D eigenvalue weighted by Gasteiger charge is -2.17. The molecule has 0 bridgehead atoms. The van der Waals surface area contributed by atoms with E-state index in [1.54, 1.807) is 0 Å². The molecule has 1 aliphatic rings. The Balaban J connectivity index is 2.46. The van der Waals surface area contributed by atoms with E-state index in [2.05, 4.69) is 6.92 Å². The molecule has 2 heteroatoms. The lowest BCUT2D eigenvalue weighted by atomic mass is 9.88. The molecule has 1 saturated carbocycles. The van der Waals surface area contributed by atoms with Gasteiger partial charge in [0, 0.05) is 18.6 Å². The predicted octanol–water partition coefficient (Wildman–Crippen LogP) is 6.47. The summed E-state index contributed by atoms with van der Waals surface area (Å²) in [5.41, 5.74) is 0.890. The number of Topliss-reactive ketones (excluding diaryl/α,β-unsaturated/α-hetero) is 1. The summed E-state index contributed by atoms with van der Waals surface area (Å²) in [6.45, 7) is 2.21. The molecule has 1 atom stereocenters. The lowest BCUT2D eigenvalue weighted by molar-refractivity contribution is -0.120. The van der Waals surface area contributed by atoms with Gasteiger partial charge in [0.1, 0.15) is 5.78 Å². The second-order valence-electron chi connectivity index (χ2n) is 7.24. The van der Waals surface area contributed by atoms with Crippen molar-refractivity contribution in [2.24, 2.45) is 5.92 Å². The second-order valence-corrected chi connectivity index (χ2v) is 7.24. The molecule has 1 fully saturated rings. The van der Waals surface area contributed by atoms with Gasteiger partial charge in [-0.15, -0.1) is 0 Å². The van der Waals surface area contributed by atoms with E-state index in [4.69, 9.17) is 5.41 Å². The number of carbonyl (C=O) groups is 1. The van der Waals surface area contributed by atoms with Crippen molar-refractivity contribution in [1.82, 2.24) is 0 Å². The lowest BCUT2D eigenvalue weighted by Crippen LogP contribution is -2.13. The van der Waals surface area contributed by atoms with Crippen LogP contribution in [0.15, 0.2) is 0 Å². The number of carbonyl (C=O) groups excluding carboxylic acids is 1. The molecule has 1 aliphatic carbocycles. The zero-order valence-electron chi connectivity index (χ0n) is 14.8. The number of ketones is 1. The van der Waals surface area contributed by atoms with Crippen LogP contribution in [0.1, 0.15) is 110 Å². The molecule has 128 valence electrons. The summed E-state index contributed by atoms with van der Waals surface area (Å²) in [7, 11) is 0. The first-order chi connectivity index (χ1) is 10.7. The highest BCUT2D eigenvalue weighted by molar-refractivity contribution is 5.83. The summed E-state index contributed by atoms with van der Waals surface area (Å²) in [4.78, 5) is 12.2. The number of unbranched alkanes of at least 4 members (excludes halogenated alkanes) is 1. The minimum Gasteiger partial charge on any atom is -0.310 e. The molecule has 2 nitrogen and oxygen atoms in total. The Bertz CT molecular complexity index is 285. The van der Waals surface area contributed by atoms with Crippen LogP contribution in [0.2, 0.25) is 0 Å². The SMILES string of the molecule is CCCC[C@@H]1CC(=N)CCCCCCCCCCCC(=O)C1. The van der Waals surface area contributed by atoms with Gasteiger partial charge in [0.05, 0.1) is 0 Å². The molecular formula is C20H37NO. The van der Waals surface area contributed by atoms with Crippen LogP contribution in [-0.2, 0) is 4.79 Å². The van der Waals surface area contributed by atoms with Gasteiger partial charge < -0.3 is 5.41 Å². The fraction of sp³-hybridized carbons (Fsp3) is 0.900. The third-order valence-electron chi connectivity index (χ3n) is 4.95. The summed E-state index contributed by atoms with van der Waals surface area (Å²) < 4.78 is 0. The number of rotatable bonds is 3. The number of hydrogen-bond acceptors (Lipinski definition) is 2. The monoisotopic (exact) mass is 307 g/mol. The molecule has 0 spiro atoms. The Hall–Kier alpha value is -0.660. The Kier molecular flexibility index (Phi) is 11.3. The first-order valence-corrected chi connectivity index (χ1v) is 9.80. The normalized spacial score (nSPS) is 24.3. The zero-order valence-corrected chi connectivity index (χ0v) is 14.8. The largest absolute Gasteiger partial charge is 0.310 e.